The minimum absolute atomic E-state index is 0.248. The molecule has 26 heavy (non-hydrogen) atoms. The predicted octanol–water partition coefficient (Wildman–Crippen LogP) is 2.94. The van der Waals surface area contributed by atoms with Crippen LogP contribution in [0.15, 0.2) is 41.5 Å². The van der Waals surface area contributed by atoms with Crippen molar-refractivity contribution in [1.82, 2.24) is 15.0 Å². The maximum atomic E-state index is 8.75. The quantitative estimate of drug-likeness (QED) is 0.562. The first kappa shape index (κ1) is 16.9. The Morgan fingerprint density at radius 1 is 1.15 bits per heavy atom. The second-order valence-electron chi connectivity index (χ2n) is 5.37. The molecule has 8 nitrogen and oxygen atoms in total. The highest BCUT2D eigenvalue weighted by atomic mass is 16.5. The molecule has 0 bridgehead atoms. The van der Waals surface area contributed by atoms with Crippen molar-refractivity contribution in [3.8, 4) is 23.6 Å². The number of aromatic nitrogens is 3. The van der Waals surface area contributed by atoms with E-state index in [9.17, 15) is 0 Å². The Balaban J connectivity index is 1.93. The largest absolute Gasteiger partial charge is 0.494 e. The number of aryl methyl sites for hydroxylation is 1. The van der Waals surface area contributed by atoms with Crippen molar-refractivity contribution in [2.45, 2.75) is 13.8 Å². The van der Waals surface area contributed by atoms with Crippen LogP contribution in [0.25, 0.3) is 16.7 Å². The van der Waals surface area contributed by atoms with E-state index in [1.807, 2.05) is 44.2 Å². The van der Waals surface area contributed by atoms with Crippen LogP contribution in [0.2, 0.25) is 0 Å². The molecule has 0 unspecified atom stereocenters. The van der Waals surface area contributed by atoms with Crippen LogP contribution in [-0.4, -0.2) is 27.3 Å². The Morgan fingerprint density at radius 3 is 2.42 bits per heavy atom. The maximum Gasteiger partial charge on any atom is 0.237 e. The van der Waals surface area contributed by atoms with Gasteiger partial charge in [0.15, 0.2) is 0 Å². The van der Waals surface area contributed by atoms with Gasteiger partial charge in [-0.1, -0.05) is 0 Å². The number of benzene rings is 2. The monoisotopic (exact) mass is 345 g/mol. The molecule has 1 heterocycles. The van der Waals surface area contributed by atoms with Crippen LogP contribution in [0.1, 0.15) is 12.5 Å². The molecule has 1 aromatic heterocycles. The molecule has 0 aliphatic carbocycles. The number of ether oxygens (including phenoxy) is 1. The van der Waals surface area contributed by atoms with Crippen LogP contribution in [0.4, 0.5) is 5.69 Å². The van der Waals surface area contributed by atoms with E-state index >= 15 is 0 Å². The Bertz CT molecular complexity index is 1040. The zero-order chi connectivity index (χ0) is 18.5. The first-order valence-corrected chi connectivity index (χ1v) is 7.89. The van der Waals surface area contributed by atoms with Crippen LogP contribution in [-0.2, 0) is 0 Å². The summed E-state index contributed by atoms with van der Waals surface area (Å²) in [6, 6.07) is 14.5. The summed E-state index contributed by atoms with van der Waals surface area (Å²) in [4.78, 5) is 1.54. The molecule has 0 saturated carbocycles. The summed E-state index contributed by atoms with van der Waals surface area (Å²) in [7, 11) is 0. The van der Waals surface area contributed by atoms with Gasteiger partial charge in [-0.15, -0.1) is 10.2 Å². The molecule has 8 heteroatoms. The van der Waals surface area contributed by atoms with Gasteiger partial charge in [-0.3, -0.25) is 5.43 Å². The van der Waals surface area contributed by atoms with E-state index in [1.54, 1.807) is 23.0 Å². The van der Waals surface area contributed by atoms with Gasteiger partial charge in [0.05, 0.1) is 18.0 Å². The molecular formula is C18H15N7O. The van der Waals surface area contributed by atoms with Crippen LogP contribution in [0, 0.1) is 29.6 Å². The molecule has 0 spiro atoms. The van der Waals surface area contributed by atoms with Crippen molar-refractivity contribution < 1.29 is 4.74 Å². The summed E-state index contributed by atoms with van der Waals surface area (Å²) in [5.74, 6) is 0.791. The smallest absolute Gasteiger partial charge is 0.237 e. The standard InChI is InChI=1S/C18H15N7O/c1-3-26-15-6-4-14(5-7-15)25-23-17-8-12(2)16(9-18(17)24-25)22-21-13(10-19)11-20/h4-9,22H,3H2,1-2H3. The first-order chi connectivity index (χ1) is 12.6. The summed E-state index contributed by atoms with van der Waals surface area (Å²) in [5.41, 5.74) is 6.21. The normalized spacial score (nSPS) is 10.0. The van der Waals surface area contributed by atoms with E-state index in [0.29, 0.717) is 17.8 Å². The van der Waals surface area contributed by atoms with Gasteiger partial charge in [-0.2, -0.15) is 20.4 Å². The van der Waals surface area contributed by atoms with Crippen molar-refractivity contribution in [2.75, 3.05) is 12.0 Å². The highest BCUT2D eigenvalue weighted by molar-refractivity contribution is 6.10. The van der Waals surface area contributed by atoms with Crippen molar-refractivity contribution in [1.29, 1.82) is 10.5 Å². The molecule has 0 aliphatic heterocycles. The highest BCUT2D eigenvalue weighted by Crippen LogP contribution is 2.22. The van der Waals surface area contributed by atoms with E-state index in [2.05, 4.69) is 20.7 Å². The van der Waals surface area contributed by atoms with E-state index < -0.39 is 0 Å². The van der Waals surface area contributed by atoms with Gasteiger partial charge >= 0.3 is 0 Å². The number of rotatable bonds is 5. The zero-order valence-corrected chi connectivity index (χ0v) is 14.3. The first-order valence-electron chi connectivity index (χ1n) is 7.89. The lowest BCUT2D eigenvalue weighted by Gasteiger charge is -2.03. The van der Waals surface area contributed by atoms with Crippen LogP contribution in [0.3, 0.4) is 0 Å². The van der Waals surface area contributed by atoms with E-state index in [0.717, 1.165) is 22.5 Å². The van der Waals surface area contributed by atoms with Crippen molar-refractivity contribution in [3.63, 3.8) is 0 Å². The topological polar surface area (TPSA) is 112 Å². The highest BCUT2D eigenvalue weighted by Gasteiger charge is 2.09. The molecule has 0 saturated heterocycles. The van der Waals surface area contributed by atoms with Gasteiger partial charge in [0.2, 0.25) is 5.71 Å². The van der Waals surface area contributed by atoms with Crippen molar-refractivity contribution in [3.05, 3.63) is 42.0 Å². The molecule has 128 valence electrons. The predicted molar refractivity (Wildman–Crippen MR) is 97.1 cm³/mol. The minimum atomic E-state index is -0.248. The molecule has 2 aromatic carbocycles. The van der Waals surface area contributed by atoms with Gasteiger partial charge < -0.3 is 4.74 Å². The van der Waals surface area contributed by atoms with Gasteiger partial charge in [0.25, 0.3) is 0 Å². The van der Waals surface area contributed by atoms with E-state index in [-0.39, 0.29) is 5.71 Å². The number of nitriles is 2. The third-order valence-corrected chi connectivity index (χ3v) is 3.61. The van der Waals surface area contributed by atoms with Crippen LogP contribution < -0.4 is 10.2 Å². The number of nitrogens with one attached hydrogen (secondary N) is 1. The number of fused-ring (bicyclic) bond motifs is 1. The van der Waals surface area contributed by atoms with E-state index in [1.165, 1.54) is 0 Å². The summed E-state index contributed by atoms with van der Waals surface area (Å²) in [5, 5.41) is 30.2. The number of nitrogens with zero attached hydrogens (tertiary/aromatic N) is 6. The zero-order valence-electron chi connectivity index (χ0n) is 14.3. The van der Waals surface area contributed by atoms with Gasteiger partial charge in [0.1, 0.15) is 28.9 Å². The number of hydrogen-bond acceptors (Lipinski definition) is 7. The fraction of sp³-hybridized carbons (Fsp3) is 0.167. The van der Waals surface area contributed by atoms with Gasteiger partial charge in [-0.25, -0.2) is 0 Å². The molecular weight excluding hydrogens is 330 g/mol. The third-order valence-electron chi connectivity index (χ3n) is 3.61. The molecule has 0 aliphatic rings. The molecule has 0 atom stereocenters. The molecule has 3 aromatic rings. The molecule has 0 radical (unpaired) electrons. The van der Waals surface area contributed by atoms with Crippen LogP contribution >= 0.6 is 0 Å². The Hall–Kier alpha value is -3.91. The third kappa shape index (κ3) is 3.45. The lowest BCUT2D eigenvalue weighted by Crippen LogP contribution is -1.98. The summed E-state index contributed by atoms with van der Waals surface area (Å²) in [6.45, 7) is 4.43. The molecule has 1 N–H and O–H groups in total. The Morgan fingerprint density at radius 2 is 1.81 bits per heavy atom. The lowest BCUT2D eigenvalue weighted by molar-refractivity contribution is 0.340. The molecule has 3 rings (SSSR count). The fourth-order valence-corrected chi connectivity index (χ4v) is 2.34. The van der Waals surface area contributed by atoms with Gasteiger partial charge in [-0.05, 0) is 55.8 Å². The summed E-state index contributed by atoms with van der Waals surface area (Å²) in [6.07, 6.45) is 0. The van der Waals surface area contributed by atoms with E-state index in [4.69, 9.17) is 15.3 Å². The second kappa shape index (κ2) is 7.32. The maximum absolute atomic E-state index is 8.75. The SMILES string of the molecule is CCOc1ccc(-n2nc3cc(C)c(NN=C(C#N)C#N)cc3n2)cc1. The lowest BCUT2D eigenvalue weighted by atomic mass is 10.2. The summed E-state index contributed by atoms with van der Waals surface area (Å²) >= 11 is 0. The fourth-order valence-electron chi connectivity index (χ4n) is 2.34. The van der Waals surface area contributed by atoms with Crippen LogP contribution in [0.5, 0.6) is 5.75 Å². The minimum Gasteiger partial charge on any atom is -0.494 e. The number of anilines is 1. The number of hydrogen-bond donors (Lipinski definition) is 1. The summed E-state index contributed by atoms with van der Waals surface area (Å²) < 4.78 is 5.44. The average Bonchev–Trinajstić information content (AvgIpc) is 3.06. The second-order valence-corrected chi connectivity index (χ2v) is 5.37. The molecule has 0 amide bonds. The van der Waals surface area contributed by atoms with Crippen molar-refractivity contribution >= 4 is 22.4 Å². The number of hydrazone groups is 1. The van der Waals surface area contributed by atoms with Gasteiger partial charge in [0, 0.05) is 0 Å². The average molecular weight is 345 g/mol. The van der Waals surface area contributed by atoms with Crippen molar-refractivity contribution in [2.24, 2.45) is 5.10 Å². The Kier molecular flexibility index (Phi) is 4.77. The Labute approximate surface area is 149 Å². The molecule has 0 fully saturated rings.